The molecular weight excluding hydrogens is 377 g/mol. The zero-order valence-corrected chi connectivity index (χ0v) is 16.8. The molecule has 0 fully saturated rings. The van der Waals surface area contributed by atoms with Crippen LogP contribution in [0, 0.1) is 5.82 Å². The van der Waals surface area contributed by atoms with E-state index in [-0.39, 0.29) is 24.7 Å². The summed E-state index contributed by atoms with van der Waals surface area (Å²) in [7, 11) is 1.63. The smallest absolute Gasteiger partial charge is 0.238 e. The lowest BCUT2D eigenvalue weighted by molar-refractivity contribution is -0.119. The Hall–Kier alpha value is -3.13. The number of likely N-dealkylation sites (N-methyl/N-ethyl adjacent to an activating group) is 1. The van der Waals surface area contributed by atoms with Crippen molar-refractivity contribution < 1.29 is 23.5 Å². The van der Waals surface area contributed by atoms with Crippen molar-refractivity contribution >= 4 is 23.2 Å². The molecule has 0 saturated heterocycles. The van der Waals surface area contributed by atoms with Crippen molar-refractivity contribution in [2.75, 3.05) is 44.0 Å². The topological polar surface area (TPSA) is 79.9 Å². The predicted octanol–water partition coefficient (Wildman–Crippen LogP) is 3.13. The monoisotopic (exact) mass is 403 g/mol. The molecule has 0 atom stereocenters. The van der Waals surface area contributed by atoms with E-state index in [9.17, 15) is 14.0 Å². The molecule has 8 heteroatoms. The number of nitrogens with zero attached hydrogens (tertiary/aromatic N) is 1. The van der Waals surface area contributed by atoms with Gasteiger partial charge in [-0.15, -0.1) is 0 Å². The normalized spacial score (nSPS) is 10.5. The van der Waals surface area contributed by atoms with Gasteiger partial charge in [0.2, 0.25) is 11.8 Å². The fraction of sp³-hybridized carbons (Fsp3) is 0.333. The summed E-state index contributed by atoms with van der Waals surface area (Å²) in [6.45, 7) is 4.64. The number of anilines is 2. The van der Waals surface area contributed by atoms with Gasteiger partial charge >= 0.3 is 0 Å². The molecule has 29 heavy (non-hydrogen) atoms. The van der Waals surface area contributed by atoms with E-state index in [4.69, 9.17) is 9.47 Å². The van der Waals surface area contributed by atoms with E-state index < -0.39 is 11.7 Å². The predicted molar refractivity (Wildman–Crippen MR) is 110 cm³/mol. The summed E-state index contributed by atoms with van der Waals surface area (Å²) in [5.41, 5.74) is 0.666. The molecule has 0 heterocycles. The van der Waals surface area contributed by atoms with Crippen LogP contribution in [0.5, 0.6) is 11.5 Å². The van der Waals surface area contributed by atoms with Crippen LogP contribution in [0.25, 0.3) is 0 Å². The van der Waals surface area contributed by atoms with Crippen LogP contribution in [0.2, 0.25) is 0 Å². The Morgan fingerprint density at radius 3 is 2.21 bits per heavy atom. The van der Waals surface area contributed by atoms with Gasteiger partial charge in [-0.1, -0.05) is 12.1 Å². The van der Waals surface area contributed by atoms with Gasteiger partial charge < -0.3 is 20.1 Å². The van der Waals surface area contributed by atoms with Crippen molar-refractivity contribution in [3.05, 3.63) is 48.3 Å². The Labute approximate surface area is 169 Å². The summed E-state index contributed by atoms with van der Waals surface area (Å²) in [4.78, 5) is 25.9. The number of rotatable bonds is 10. The molecule has 0 bridgehead atoms. The van der Waals surface area contributed by atoms with E-state index in [0.717, 1.165) is 0 Å². The van der Waals surface area contributed by atoms with Gasteiger partial charge in [-0.25, -0.2) is 4.39 Å². The highest BCUT2D eigenvalue weighted by Gasteiger charge is 2.13. The highest BCUT2D eigenvalue weighted by molar-refractivity contribution is 5.94. The number of ether oxygens (including phenoxy) is 2. The van der Waals surface area contributed by atoms with Crippen LogP contribution >= 0.6 is 0 Å². The molecule has 0 saturated carbocycles. The number of carbonyl (C=O) groups excluding carboxylic acids is 2. The Morgan fingerprint density at radius 2 is 1.55 bits per heavy atom. The number of para-hydroxylation sites is 1. The number of amides is 2. The fourth-order valence-corrected chi connectivity index (χ4v) is 2.63. The van der Waals surface area contributed by atoms with Gasteiger partial charge in [0.25, 0.3) is 0 Å². The molecule has 2 aromatic carbocycles. The van der Waals surface area contributed by atoms with Crippen LogP contribution in [0.1, 0.15) is 13.8 Å². The third kappa shape index (κ3) is 7.08. The van der Waals surface area contributed by atoms with Gasteiger partial charge in [-0.05, 0) is 45.2 Å². The largest absolute Gasteiger partial charge is 0.490 e. The van der Waals surface area contributed by atoms with Gasteiger partial charge in [0.15, 0.2) is 11.5 Å². The first-order chi connectivity index (χ1) is 13.9. The maximum Gasteiger partial charge on any atom is 0.238 e. The maximum atomic E-state index is 13.6. The summed E-state index contributed by atoms with van der Waals surface area (Å²) >= 11 is 0. The number of hydrogen-bond acceptors (Lipinski definition) is 5. The lowest BCUT2D eigenvalue weighted by atomic mass is 10.2. The first-order valence-corrected chi connectivity index (χ1v) is 9.35. The Kier molecular flexibility index (Phi) is 8.42. The van der Waals surface area contributed by atoms with Gasteiger partial charge in [-0.2, -0.15) is 0 Å². The molecule has 2 N–H and O–H groups in total. The molecule has 2 aromatic rings. The highest BCUT2D eigenvalue weighted by atomic mass is 19.1. The van der Waals surface area contributed by atoms with E-state index >= 15 is 0 Å². The molecule has 0 aliphatic rings. The zero-order chi connectivity index (χ0) is 21.2. The van der Waals surface area contributed by atoms with Crippen LogP contribution < -0.4 is 20.1 Å². The molecule has 0 unspecified atom stereocenters. The van der Waals surface area contributed by atoms with E-state index in [1.54, 1.807) is 37.4 Å². The Morgan fingerprint density at radius 1 is 0.931 bits per heavy atom. The van der Waals surface area contributed by atoms with Crippen LogP contribution in [-0.4, -0.2) is 50.1 Å². The molecule has 0 spiro atoms. The molecule has 2 amide bonds. The minimum atomic E-state index is -0.512. The second kappa shape index (κ2) is 11.0. The third-order valence-corrected chi connectivity index (χ3v) is 3.80. The molecule has 7 nitrogen and oxygen atoms in total. The average Bonchev–Trinajstić information content (AvgIpc) is 2.65. The summed E-state index contributed by atoms with van der Waals surface area (Å²) < 4.78 is 24.6. The number of benzene rings is 2. The van der Waals surface area contributed by atoms with Crippen molar-refractivity contribution in [2.45, 2.75) is 13.8 Å². The molecule has 0 radical (unpaired) electrons. The average molecular weight is 403 g/mol. The van der Waals surface area contributed by atoms with Crippen molar-refractivity contribution in [3.63, 3.8) is 0 Å². The van der Waals surface area contributed by atoms with Crippen LogP contribution in [0.15, 0.2) is 42.5 Å². The molecule has 0 aliphatic carbocycles. The fourth-order valence-electron chi connectivity index (χ4n) is 2.63. The first kappa shape index (κ1) is 22.2. The minimum Gasteiger partial charge on any atom is -0.490 e. The molecule has 0 aromatic heterocycles. The Bertz CT molecular complexity index is 844. The van der Waals surface area contributed by atoms with E-state index in [2.05, 4.69) is 10.6 Å². The zero-order valence-electron chi connectivity index (χ0n) is 16.8. The first-order valence-electron chi connectivity index (χ1n) is 9.35. The SMILES string of the molecule is CCOc1ccc(NC(=O)CN(C)CC(=O)Nc2ccccc2F)cc1OCC. The summed E-state index contributed by atoms with van der Waals surface area (Å²) in [6.07, 6.45) is 0. The van der Waals surface area contributed by atoms with Crippen molar-refractivity contribution in [1.29, 1.82) is 0 Å². The minimum absolute atomic E-state index is 0.0120. The Balaban J connectivity index is 1.88. The highest BCUT2D eigenvalue weighted by Crippen LogP contribution is 2.30. The lowest BCUT2D eigenvalue weighted by Gasteiger charge is -2.17. The van der Waals surface area contributed by atoms with E-state index in [0.29, 0.717) is 30.4 Å². The van der Waals surface area contributed by atoms with Crippen molar-refractivity contribution in [1.82, 2.24) is 4.90 Å². The van der Waals surface area contributed by atoms with Crippen molar-refractivity contribution in [2.24, 2.45) is 0 Å². The molecular formula is C21H26FN3O4. The number of nitrogens with one attached hydrogen (secondary N) is 2. The second-order valence-electron chi connectivity index (χ2n) is 6.28. The lowest BCUT2D eigenvalue weighted by Crippen LogP contribution is -2.36. The summed E-state index contributed by atoms with van der Waals surface area (Å²) in [5, 5.41) is 5.25. The molecule has 0 aliphatic heterocycles. The van der Waals surface area contributed by atoms with Crippen LogP contribution in [0.3, 0.4) is 0 Å². The maximum absolute atomic E-state index is 13.6. The number of carbonyl (C=O) groups is 2. The third-order valence-electron chi connectivity index (χ3n) is 3.80. The number of halogens is 1. The van der Waals surface area contributed by atoms with Crippen LogP contribution in [0.4, 0.5) is 15.8 Å². The van der Waals surface area contributed by atoms with E-state index in [1.807, 2.05) is 13.8 Å². The van der Waals surface area contributed by atoms with E-state index in [1.165, 1.54) is 17.0 Å². The van der Waals surface area contributed by atoms with Gasteiger partial charge in [0.05, 0.1) is 32.0 Å². The van der Waals surface area contributed by atoms with Gasteiger partial charge in [0.1, 0.15) is 5.82 Å². The molecule has 156 valence electrons. The number of hydrogen-bond donors (Lipinski definition) is 2. The standard InChI is InChI=1S/C21H26FN3O4/c1-4-28-18-11-10-15(12-19(18)29-5-2)23-20(26)13-25(3)14-21(27)24-17-9-7-6-8-16(17)22/h6-12H,4-5,13-14H2,1-3H3,(H,23,26)(H,24,27). The quantitative estimate of drug-likeness (QED) is 0.637. The van der Waals surface area contributed by atoms with Gasteiger partial charge in [-0.3, -0.25) is 14.5 Å². The summed E-state index contributed by atoms with van der Waals surface area (Å²) in [6, 6.07) is 11.0. The molecule has 2 rings (SSSR count). The van der Waals surface area contributed by atoms with Gasteiger partial charge in [0, 0.05) is 11.8 Å². The van der Waals surface area contributed by atoms with Crippen molar-refractivity contribution in [3.8, 4) is 11.5 Å². The summed E-state index contributed by atoms with van der Waals surface area (Å²) in [5.74, 6) is -0.0659. The second-order valence-corrected chi connectivity index (χ2v) is 6.28. The van der Waals surface area contributed by atoms with Crippen LogP contribution in [-0.2, 0) is 9.59 Å².